The molecule has 0 unspecified atom stereocenters. The first-order chi connectivity index (χ1) is 16.2. The molecule has 4 heterocycles. The van der Waals surface area contributed by atoms with E-state index < -0.39 is 5.67 Å². The first-order valence-electron chi connectivity index (χ1n) is 12.4. The highest BCUT2D eigenvalue weighted by Crippen LogP contribution is 2.32. The fourth-order valence-corrected chi connectivity index (χ4v) is 4.89. The molecule has 186 valence electrons. The summed E-state index contributed by atoms with van der Waals surface area (Å²) in [6.07, 6.45) is 7.15. The maximum Gasteiger partial charge on any atom is 0.246 e. The molecular weight excluding hydrogens is 433 g/mol. The number of halogens is 1. The van der Waals surface area contributed by atoms with Gasteiger partial charge in [-0.1, -0.05) is 20.4 Å². The number of anilines is 1. The van der Waals surface area contributed by atoms with Crippen molar-refractivity contribution in [2.45, 2.75) is 64.3 Å². The van der Waals surface area contributed by atoms with Crippen LogP contribution >= 0.6 is 0 Å². The minimum absolute atomic E-state index is 0.0270. The lowest BCUT2D eigenvalue weighted by Crippen LogP contribution is -2.51. The van der Waals surface area contributed by atoms with Gasteiger partial charge in [0, 0.05) is 62.4 Å². The number of amides is 1. The molecule has 0 aromatic carbocycles. The Balaban J connectivity index is 1.41. The number of carbonyl (C=O) groups excluding carboxylic acids is 1. The molecule has 2 aliphatic heterocycles. The Morgan fingerprint density at radius 2 is 2.09 bits per heavy atom. The van der Waals surface area contributed by atoms with E-state index >= 15 is 0 Å². The van der Waals surface area contributed by atoms with Crippen molar-refractivity contribution in [2.24, 2.45) is 0 Å². The number of imidazole rings is 1. The second kappa shape index (κ2) is 10.0. The number of pyridine rings is 1. The molecule has 2 aromatic rings. The predicted octanol–water partition coefficient (Wildman–Crippen LogP) is 3.95. The van der Waals surface area contributed by atoms with Crippen LogP contribution in [0.1, 0.15) is 57.7 Å². The average Bonchev–Trinajstić information content (AvgIpc) is 3.24. The van der Waals surface area contributed by atoms with E-state index in [1.807, 2.05) is 27.8 Å². The summed E-state index contributed by atoms with van der Waals surface area (Å²) in [4.78, 5) is 20.8. The lowest BCUT2D eigenvalue weighted by atomic mass is 10.0. The molecule has 1 atom stereocenters. The normalized spacial score (nSPS) is 20.8. The van der Waals surface area contributed by atoms with Crippen LogP contribution < -0.4 is 5.32 Å². The van der Waals surface area contributed by atoms with Crippen molar-refractivity contribution in [3.63, 3.8) is 0 Å². The molecule has 7 nitrogen and oxygen atoms in total. The Labute approximate surface area is 202 Å². The lowest BCUT2D eigenvalue weighted by molar-refractivity contribution is -0.134. The van der Waals surface area contributed by atoms with Crippen molar-refractivity contribution in [1.29, 1.82) is 0 Å². The van der Waals surface area contributed by atoms with E-state index in [4.69, 9.17) is 4.74 Å². The standard InChI is InChI=1S/C26H38FN5O2/c1-6-24(33)31-11-12-34-21(17-31)16-30-9-7-20(8-10-30)29-22-13-19(26(4,5)27)15-32-23(18(2)3)14-28-25(22)32/h6,13-15,18,20-21,29H,1,7-12,16-17H2,2-5H3/t21-/m1/s1. The van der Waals surface area contributed by atoms with Crippen molar-refractivity contribution in [3.8, 4) is 0 Å². The van der Waals surface area contributed by atoms with Crippen LogP contribution in [0.15, 0.2) is 31.1 Å². The quantitative estimate of drug-likeness (QED) is 0.620. The number of alkyl halides is 1. The van der Waals surface area contributed by atoms with Gasteiger partial charge in [0.1, 0.15) is 5.67 Å². The van der Waals surface area contributed by atoms with E-state index in [0.29, 0.717) is 37.2 Å². The van der Waals surface area contributed by atoms with Crippen molar-refractivity contribution in [3.05, 3.63) is 42.4 Å². The first kappa shape index (κ1) is 24.7. The summed E-state index contributed by atoms with van der Waals surface area (Å²) in [7, 11) is 0. The molecule has 4 rings (SSSR count). The number of morpholine rings is 1. The van der Waals surface area contributed by atoms with Crippen LogP contribution in [0.25, 0.3) is 5.65 Å². The van der Waals surface area contributed by atoms with Gasteiger partial charge in [-0.05, 0) is 44.7 Å². The molecule has 34 heavy (non-hydrogen) atoms. The van der Waals surface area contributed by atoms with Gasteiger partial charge in [-0.2, -0.15) is 0 Å². The van der Waals surface area contributed by atoms with Crippen molar-refractivity contribution < 1.29 is 13.9 Å². The zero-order valence-electron chi connectivity index (χ0n) is 20.9. The number of rotatable bonds is 7. The molecule has 2 aromatic heterocycles. The summed E-state index contributed by atoms with van der Waals surface area (Å²) in [6.45, 7) is 15.6. The third-order valence-electron chi connectivity index (χ3n) is 6.95. The van der Waals surface area contributed by atoms with Crippen LogP contribution in [-0.4, -0.2) is 76.6 Å². The zero-order chi connectivity index (χ0) is 24.5. The SMILES string of the molecule is C=CC(=O)N1CCO[C@H](CN2CCC(Nc3cc(C(C)(C)F)cn4c(C(C)C)cnc34)CC2)C1. The van der Waals surface area contributed by atoms with Gasteiger partial charge < -0.3 is 24.3 Å². The summed E-state index contributed by atoms with van der Waals surface area (Å²) in [5.41, 5.74) is 2.03. The number of fused-ring (bicyclic) bond motifs is 1. The van der Waals surface area contributed by atoms with Crippen molar-refractivity contribution in [2.75, 3.05) is 44.6 Å². The van der Waals surface area contributed by atoms with Crippen LogP contribution in [0.4, 0.5) is 10.1 Å². The number of hydrogen-bond acceptors (Lipinski definition) is 5. The van der Waals surface area contributed by atoms with Crippen LogP contribution in [0, 0.1) is 0 Å². The monoisotopic (exact) mass is 471 g/mol. The van der Waals surface area contributed by atoms with Gasteiger partial charge in [0.25, 0.3) is 0 Å². The van der Waals surface area contributed by atoms with Gasteiger partial charge >= 0.3 is 0 Å². The third kappa shape index (κ3) is 5.44. The molecular formula is C26H38FN5O2. The average molecular weight is 472 g/mol. The van der Waals surface area contributed by atoms with E-state index in [9.17, 15) is 9.18 Å². The van der Waals surface area contributed by atoms with E-state index in [1.165, 1.54) is 6.08 Å². The molecule has 0 radical (unpaired) electrons. The molecule has 2 aliphatic rings. The lowest BCUT2D eigenvalue weighted by Gasteiger charge is -2.38. The molecule has 0 saturated carbocycles. The highest BCUT2D eigenvalue weighted by molar-refractivity contribution is 5.87. The summed E-state index contributed by atoms with van der Waals surface area (Å²) in [6, 6.07) is 2.21. The summed E-state index contributed by atoms with van der Waals surface area (Å²) in [5, 5.41) is 3.67. The van der Waals surface area contributed by atoms with E-state index in [1.54, 1.807) is 13.8 Å². The Kier molecular flexibility index (Phi) is 7.28. The number of nitrogens with one attached hydrogen (secondary N) is 1. The molecule has 8 heteroatoms. The molecule has 0 aliphatic carbocycles. The molecule has 1 N–H and O–H groups in total. The molecule has 0 bridgehead atoms. The Morgan fingerprint density at radius 1 is 1.35 bits per heavy atom. The zero-order valence-corrected chi connectivity index (χ0v) is 20.9. The maximum atomic E-state index is 14.9. The van der Waals surface area contributed by atoms with Gasteiger partial charge in [-0.15, -0.1) is 0 Å². The Bertz CT molecular complexity index is 1020. The van der Waals surface area contributed by atoms with E-state index in [-0.39, 0.29) is 12.0 Å². The highest BCUT2D eigenvalue weighted by Gasteiger charge is 2.28. The van der Waals surface area contributed by atoms with Gasteiger partial charge in [0.15, 0.2) is 5.65 Å². The topological polar surface area (TPSA) is 62.1 Å². The highest BCUT2D eigenvalue weighted by atomic mass is 19.1. The summed E-state index contributed by atoms with van der Waals surface area (Å²) >= 11 is 0. The molecule has 1 amide bonds. The number of carbonyl (C=O) groups is 1. The van der Waals surface area contributed by atoms with Crippen LogP contribution in [0.2, 0.25) is 0 Å². The number of aromatic nitrogens is 2. The number of ether oxygens (including phenoxy) is 1. The van der Waals surface area contributed by atoms with Crippen molar-refractivity contribution in [1.82, 2.24) is 19.2 Å². The second-order valence-electron chi connectivity index (χ2n) is 10.3. The van der Waals surface area contributed by atoms with Gasteiger partial charge in [-0.3, -0.25) is 4.79 Å². The van der Waals surface area contributed by atoms with Gasteiger partial charge in [-0.25, -0.2) is 9.37 Å². The summed E-state index contributed by atoms with van der Waals surface area (Å²) < 4.78 is 22.9. The minimum atomic E-state index is -1.44. The third-order valence-corrected chi connectivity index (χ3v) is 6.95. The van der Waals surface area contributed by atoms with Gasteiger partial charge in [0.05, 0.1) is 18.4 Å². The molecule has 2 fully saturated rings. The van der Waals surface area contributed by atoms with E-state index in [2.05, 4.69) is 35.6 Å². The second-order valence-corrected chi connectivity index (χ2v) is 10.3. The summed E-state index contributed by atoms with van der Waals surface area (Å²) in [5.74, 6) is 0.268. The van der Waals surface area contributed by atoms with E-state index in [0.717, 1.165) is 49.5 Å². The number of piperidine rings is 1. The van der Waals surface area contributed by atoms with Gasteiger partial charge in [0.2, 0.25) is 5.91 Å². The van der Waals surface area contributed by atoms with Crippen LogP contribution in [-0.2, 0) is 15.2 Å². The van der Waals surface area contributed by atoms with Crippen LogP contribution in [0.5, 0.6) is 0 Å². The maximum absolute atomic E-state index is 14.9. The largest absolute Gasteiger partial charge is 0.379 e. The fraction of sp³-hybridized carbons (Fsp3) is 0.615. The number of nitrogens with zero attached hydrogens (tertiary/aromatic N) is 4. The number of likely N-dealkylation sites (tertiary alicyclic amines) is 1. The minimum Gasteiger partial charge on any atom is -0.379 e. The first-order valence-corrected chi connectivity index (χ1v) is 12.4. The fourth-order valence-electron chi connectivity index (χ4n) is 4.89. The molecule has 0 spiro atoms. The molecule has 2 saturated heterocycles. The van der Waals surface area contributed by atoms with Crippen LogP contribution in [0.3, 0.4) is 0 Å². The number of hydrogen-bond donors (Lipinski definition) is 1. The predicted molar refractivity (Wildman–Crippen MR) is 133 cm³/mol. The van der Waals surface area contributed by atoms with Crippen molar-refractivity contribution >= 4 is 17.2 Å². The smallest absolute Gasteiger partial charge is 0.246 e. The Hall–Kier alpha value is -2.45. The Morgan fingerprint density at radius 3 is 2.74 bits per heavy atom.